The molecule has 1 amide bonds. The molecule has 0 fully saturated rings. The molecular weight excluding hydrogens is 325 g/mol. The van der Waals surface area contributed by atoms with Crippen LogP contribution in [-0.4, -0.2) is 34.2 Å². The second kappa shape index (κ2) is 8.15. The highest BCUT2D eigenvalue weighted by Gasteiger charge is 2.23. The van der Waals surface area contributed by atoms with Crippen LogP contribution < -0.4 is 0 Å². The number of benzene rings is 1. The van der Waals surface area contributed by atoms with Crippen molar-refractivity contribution >= 4 is 23.7 Å². The van der Waals surface area contributed by atoms with E-state index < -0.39 is 23.5 Å². The third-order valence-electron chi connectivity index (χ3n) is 2.85. The van der Waals surface area contributed by atoms with Gasteiger partial charge in [0.25, 0.3) is 0 Å². The molecule has 0 saturated carbocycles. The number of carboxylic acid groups (broad SMARTS) is 1. The van der Waals surface area contributed by atoms with Crippen LogP contribution in [0.25, 0.3) is 0 Å². The lowest BCUT2D eigenvalue weighted by atomic mass is 10.2. The molecule has 0 aliphatic heterocycles. The molecule has 1 aromatic carbocycles. The van der Waals surface area contributed by atoms with Crippen molar-refractivity contribution in [1.29, 1.82) is 0 Å². The van der Waals surface area contributed by atoms with Crippen LogP contribution >= 0.6 is 11.6 Å². The van der Waals surface area contributed by atoms with Gasteiger partial charge in [0.15, 0.2) is 0 Å². The summed E-state index contributed by atoms with van der Waals surface area (Å²) in [4.78, 5) is 24.3. The maximum Gasteiger partial charge on any atom is 0.410 e. The summed E-state index contributed by atoms with van der Waals surface area (Å²) in [5.41, 5.74) is -0.108. The zero-order chi connectivity index (χ0) is 17.6. The summed E-state index contributed by atoms with van der Waals surface area (Å²) in [6.45, 7) is 5.55. The van der Waals surface area contributed by atoms with E-state index in [1.54, 1.807) is 20.8 Å². The number of hydrogen-bond donors (Lipinski definition) is 1. The number of halogens is 2. The van der Waals surface area contributed by atoms with E-state index in [9.17, 15) is 14.0 Å². The number of nitrogens with zero attached hydrogens (tertiary/aromatic N) is 1. The quantitative estimate of drug-likeness (QED) is 0.843. The van der Waals surface area contributed by atoms with Gasteiger partial charge < -0.3 is 14.7 Å². The molecule has 0 saturated heterocycles. The Morgan fingerprint density at radius 2 is 2.00 bits per heavy atom. The fourth-order valence-corrected chi connectivity index (χ4v) is 2.07. The summed E-state index contributed by atoms with van der Waals surface area (Å²) in [6, 6.07) is 3.92. The Bertz CT molecular complexity index is 572. The molecule has 1 N–H and O–H groups in total. The third kappa shape index (κ3) is 7.32. The predicted molar refractivity (Wildman–Crippen MR) is 84.9 cm³/mol. The fraction of sp³-hybridized carbons (Fsp3) is 0.500. The minimum atomic E-state index is -0.936. The Kier molecular flexibility index (Phi) is 6.81. The van der Waals surface area contributed by atoms with Gasteiger partial charge in [0.05, 0.1) is 6.54 Å². The monoisotopic (exact) mass is 345 g/mol. The van der Waals surface area contributed by atoms with E-state index in [1.807, 2.05) is 0 Å². The molecule has 1 aromatic rings. The molecule has 0 heterocycles. The average Bonchev–Trinajstić information content (AvgIpc) is 2.37. The van der Waals surface area contributed by atoms with Crippen LogP contribution in [0.4, 0.5) is 9.18 Å². The predicted octanol–water partition coefficient (Wildman–Crippen LogP) is 4.08. The summed E-state index contributed by atoms with van der Waals surface area (Å²) < 4.78 is 18.4. The molecule has 0 bridgehead atoms. The molecule has 128 valence electrons. The Balaban J connectivity index is 2.84. The first-order valence-corrected chi connectivity index (χ1v) is 7.60. The summed E-state index contributed by atoms with van der Waals surface area (Å²) in [6.07, 6.45) is -0.340. The highest BCUT2D eigenvalue weighted by atomic mass is 35.5. The molecule has 0 aliphatic carbocycles. The van der Waals surface area contributed by atoms with Crippen molar-refractivity contribution in [3.63, 3.8) is 0 Å². The van der Waals surface area contributed by atoms with Gasteiger partial charge >= 0.3 is 12.1 Å². The van der Waals surface area contributed by atoms with Crippen LogP contribution in [-0.2, 0) is 16.1 Å². The van der Waals surface area contributed by atoms with Gasteiger partial charge in [-0.1, -0.05) is 17.7 Å². The van der Waals surface area contributed by atoms with Crippen molar-refractivity contribution in [2.45, 2.75) is 45.8 Å². The van der Waals surface area contributed by atoms with Crippen molar-refractivity contribution in [2.24, 2.45) is 0 Å². The summed E-state index contributed by atoms with van der Waals surface area (Å²) >= 11 is 5.98. The van der Waals surface area contributed by atoms with E-state index in [2.05, 4.69) is 0 Å². The van der Waals surface area contributed by atoms with Crippen LogP contribution in [0, 0.1) is 5.82 Å². The second-order valence-corrected chi connectivity index (χ2v) is 6.54. The number of hydrogen-bond acceptors (Lipinski definition) is 3. The Morgan fingerprint density at radius 1 is 1.35 bits per heavy atom. The molecule has 0 atom stereocenters. The summed E-state index contributed by atoms with van der Waals surface area (Å²) in [5, 5.41) is 8.92. The van der Waals surface area contributed by atoms with E-state index in [0.29, 0.717) is 5.56 Å². The Hall–Kier alpha value is -1.82. The van der Waals surface area contributed by atoms with Gasteiger partial charge in [0, 0.05) is 18.0 Å². The van der Waals surface area contributed by atoms with E-state index in [4.69, 9.17) is 21.4 Å². The molecule has 7 heteroatoms. The standard InChI is InChI=1S/C16H21ClFNO4/c1-16(2,3)23-15(22)19(8-4-5-14(20)21)10-11-6-7-12(18)9-13(11)17/h6-7,9H,4-5,8,10H2,1-3H3,(H,20,21). The highest BCUT2D eigenvalue weighted by Crippen LogP contribution is 2.20. The number of aliphatic carboxylic acids is 1. The first kappa shape index (κ1) is 19.2. The molecule has 0 radical (unpaired) electrons. The van der Waals surface area contributed by atoms with Gasteiger partial charge in [-0.05, 0) is 44.9 Å². The molecule has 0 unspecified atom stereocenters. The van der Waals surface area contributed by atoms with Gasteiger partial charge in [-0.15, -0.1) is 0 Å². The van der Waals surface area contributed by atoms with Crippen molar-refractivity contribution in [1.82, 2.24) is 4.90 Å². The number of carbonyl (C=O) groups is 2. The molecular formula is C16H21ClFNO4. The zero-order valence-electron chi connectivity index (χ0n) is 13.4. The Labute approximate surface area is 140 Å². The normalized spacial score (nSPS) is 11.2. The largest absolute Gasteiger partial charge is 0.481 e. The molecule has 0 aromatic heterocycles. The third-order valence-corrected chi connectivity index (χ3v) is 3.20. The minimum absolute atomic E-state index is 0.0591. The molecule has 1 rings (SSSR count). The van der Waals surface area contributed by atoms with E-state index in [-0.39, 0.29) is 31.0 Å². The molecule has 5 nitrogen and oxygen atoms in total. The average molecular weight is 346 g/mol. The summed E-state index contributed by atoms with van der Waals surface area (Å²) in [7, 11) is 0. The highest BCUT2D eigenvalue weighted by molar-refractivity contribution is 6.31. The van der Waals surface area contributed by atoms with Crippen LogP contribution in [0.2, 0.25) is 5.02 Å². The second-order valence-electron chi connectivity index (χ2n) is 6.13. The SMILES string of the molecule is CC(C)(C)OC(=O)N(CCCC(=O)O)Cc1ccc(F)cc1Cl. The zero-order valence-corrected chi connectivity index (χ0v) is 14.2. The summed E-state index contributed by atoms with van der Waals surface area (Å²) in [5.74, 6) is -1.40. The van der Waals surface area contributed by atoms with Gasteiger partial charge in [0.2, 0.25) is 0 Å². The van der Waals surface area contributed by atoms with Gasteiger partial charge in [0.1, 0.15) is 11.4 Å². The lowest BCUT2D eigenvalue weighted by Gasteiger charge is -2.27. The van der Waals surface area contributed by atoms with E-state index >= 15 is 0 Å². The first-order chi connectivity index (χ1) is 10.6. The first-order valence-electron chi connectivity index (χ1n) is 7.22. The number of carboxylic acids is 1. The van der Waals surface area contributed by atoms with Crippen LogP contribution in [0.15, 0.2) is 18.2 Å². The lowest BCUT2D eigenvalue weighted by Crippen LogP contribution is -2.37. The minimum Gasteiger partial charge on any atom is -0.481 e. The van der Waals surface area contributed by atoms with Crippen molar-refractivity contribution < 1.29 is 23.8 Å². The maximum absolute atomic E-state index is 13.1. The topological polar surface area (TPSA) is 66.8 Å². The van der Waals surface area contributed by atoms with Gasteiger partial charge in [-0.2, -0.15) is 0 Å². The fourth-order valence-electron chi connectivity index (χ4n) is 1.84. The van der Waals surface area contributed by atoms with Crippen LogP contribution in [0.3, 0.4) is 0 Å². The number of ether oxygens (including phenoxy) is 1. The van der Waals surface area contributed by atoms with Gasteiger partial charge in [-0.3, -0.25) is 4.79 Å². The van der Waals surface area contributed by atoms with Crippen LogP contribution in [0.5, 0.6) is 0 Å². The van der Waals surface area contributed by atoms with Gasteiger partial charge in [-0.25, -0.2) is 9.18 Å². The molecule has 23 heavy (non-hydrogen) atoms. The number of rotatable bonds is 6. The van der Waals surface area contributed by atoms with Crippen molar-refractivity contribution in [2.75, 3.05) is 6.54 Å². The van der Waals surface area contributed by atoms with Crippen molar-refractivity contribution in [3.8, 4) is 0 Å². The van der Waals surface area contributed by atoms with E-state index in [0.717, 1.165) is 0 Å². The van der Waals surface area contributed by atoms with Crippen molar-refractivity contribution in [3.05, 3.63) is 34.6 Å². The van der Waals surface area contributed by atoms with E-state index in [1.165, 1.54) is 23.1 Å². The maximum atomic E-state index is 13.1. The number of carbonyl (C=O) groups excluding carboxylic acids is 1. The van der Waals surface area contributed by atoms with Crippen LogP contribution in [0.1, 0.15) is 39.2 Å². The molecule has 0 aliphatic rings. The molecule has 0 spiro atoms. The number of amides is 1. The Morgan fingerprint density at radius 3 is 2.52 bits per heavy atom. The smallest absolute Gasteiger partial charge is 0.410 e. The lowest BCUT2D eigenvalue weighted by molar-refractivity contribution is -0.137.